The zero-order chi connectivity index (χ0) is 2.71. The van der Waals surface area contributed by atoms with E-state index in [-0.39, 0.29) is 38.2 Å². The Balaban J connectivity index is 0. The van der Waals surface area contributed by atoms with Crippen LogP contribution in [0.15, 0.2) is 0 Å². The molecule has 0 aromatic rings. The number of carbonyl (C=O) groups is 1. The summed E-state index contributed by atoms with van der Waals surface area (Å²) in [5.41, 5.74) is 0. The van der Waals surface area contributed by atoms with Crippen molar-refractivity contribution in [2.45, 2.75) is 6.92 Å². The molecule has 0 saturated carbocycles. The molecular formula is C2H4DyO. The van der Waals surface area contributed by atoms with Crippen LogP contribution in [-0.2, 0) is 4.79 Å². The molecule has 0 unspecified atom stereocenters. The van der Waals surface area contributed by atoms with E-state index in [4.69, 9.17) is 4.79 Å². The summed E-state index contributed by atoms with van der Waals surface area (Å²) in [6.07, 6.45) is 0.750. The largest absolute Gasteiger partial charge is 0.304 e. The van der Waals surface area contributed by atoms with Gasteiger partial charge < -0.3 is 4.79 Å². The quantitative estimate of drug-likeness (QED) is 0.518. The number of carbonyl (C=O) groups excluding carboxylic acids is 1. The van der Waals surface area contributed by atoms with Crippen molar-refractivity contribution in [2.75, 3.05) is 0 Å². The van der Waals surface area contributed by atoms with Crippen molar-refractivity contribution in [3.05, 3.63) is 0 Å². The molecule has 0 atom stereocenters. The Kier molecular flexibility index (Phi) is 20.1. The second-order valence-corrected chi connectivity index (χ2v) is 0.236. The summed E-state index contributed by atoms with van der Waals surface area (Å²) in [7, 11) is 0. The van der Waals surface area contributed by atoms with Crippen LogP contribution in [0.5, 0.6) is 0 Å². The van der Waals surface area contributed by atoms with Crippen molar-refractivity contribution < 1.29 is 43.0 Å². The van der Waals surface area contributed by atoms with Crippen molar-refractivity contribution >= 4 is 6.29 Å². The SMILES string of the molecule is CC=O.[Dy]. The molecular weight excluding hydrogens is 203 g/mol. The van der Waals surface area contributed by atoms with Gasteiger partial charge in [0, 0.05) is 38.2 Å². The first-order valence-electron chi connectivity index (χ1n) is 0.813. The first-order valence-corrected chi connectivity index (χ1v) is 0.813. The van der Waals surface area contributed by atoms with E-state index in [1.807, 2.05) is 0 Å². The van der Waals surface area contributed by atoms with E-state index in [1.165, 1.54) is 6.92 Å². The van der Waals surface area contributed by atoms with Crippen LogP contribution in [-0.4, -0.2) is 6.29 Å². The molecule has 0 bridgehead atoms. The molecule has 0 aliphatic heterocycles. The van der Waals surface area contributed by atoms with Crippen molar-refractivity contribution in [3.8, 4) is 0 Å². The van der Waals surface area contributed by atoms with Gasteiger partial charge in [-0.3, -0.25) is 0 Å². The predicted octanol–water partition coefficient (Wildman–Crippen LogP) is 0.205. The van der Waals surface area contributed by atoms with Crippen LogP contribution in [0, 0.1) is 38.2 Å². The summed E-state index contributed by atoms with van der Waals surface area (Å²) in [5, 5.41) is 0. The van der Waals surface area contributed by atoms with Crippen LogP contribution in [0.25, 0.3) is 0 Å². The van der Waals surface area contributed by atoms with E-state index in [0.29, 0.717) is 0 Å². The Labute approximate surface area is 55.8 Å². The normalized spacial score (nSPS) is 3.25. The van der Waals surface area contributed by atoms with Crippen molar-refractivity contribution in [1.29, 1.82) is 0 Å². The van der Waals surface area contributed by atoms with Crippen LogP contribution in [0.4, 0.5) is 0 Å². The van der Waals surface area contributed by atoms with Gasteiger partial charge in [0.25, 0.3) is 0 Å². The first-order chi connectivity index (χ1) is 1.41. The summed E-state index contributed by atoms with van der Waals surface area (Å²) in [5.74, 6) is 0. The van der Waals surface area contributed by atoms with E-state index in [2.05, 4.69) is 0 Å². The van der Waals surface area contributed by atoms with Gasteiger partial charge >= 0.3 is 0 Å². The fraction of sp³-hybridized carbons (Fsp3) is 0.500. The van der Waals surface area contributed by atoms with E-state index < -0.39 is 0 Å². The molecule has 0 aromatic carbocycles. The van der Waals surface area contributed by atoms with Crippen molar-refractivity contribution in [2.24, 2.45) is 0 Å². The fourth-order valence-corrected chi connectivity index (χ4v) is 0. The van der Waals surface area contributed by atoms with Crippen LogP contribution >= 0.6 is 0 Å². The number of hydrogen-bond acceptors (Lipinski definition) is 1. The Bertz CT molecular complexity index is 13.5. The minimum Gasteiger partial charge on any atom is -0.304 e. The second kappa shape index (κ2) is 9.05. The van der Waals surface area contributed by atoms with Gasteiger partial charge in [0.1, 0.15) is 6.29 Å². The molecule has 0 aromatic heterocycles. The van der Waals surface area contributed by atoms with Gasteiger partial charge in [-0.15, -0.1) is 0 Å². The molecule has 0 amide bonds. The van der Waals surface area contributed by atoms with Crippen LogP contribution in [0.1, 0.15) is 6.92 Å². The first kappa shape index (κ1) is 8.87. The Morgan fingerprint density at radius 3 is 1.75 bits per heavy atom. The van der Waals surface area contributed by atoms with Gasteiger partial charge in [-0.05, 0) is 6.92 Å². The van der Waals surface area contributed by atoms with Gasteiger partial charge in [0.05, 0.1) is 0 Å². The maximum Gasteiger partial charge on any atom is 0.116 e. The molecule has 0 rings (SSSR count). The smallest absolute Gasteiger partial charge is 0.116 e. The van der Waals surface area contributed by atoms with E-state index >= 15 is 0 Å². The average Bonchev–Trinajstić information content (AvgIpc) is 0.918. The molecule has 1 nitrogen and oxygen atoms in total. The van der Waals surface area contributed by atoms with Crippen LogP contribution < -0.4 is 0 Å². The maximum absolute atomic E-state index is 8.81. The van der Waals surface area contributed by atoms with Gasteiger partial charge in [-0.2, -0.15) is 0 Å². The molecule has 2 heteroatoms. The summed E-state index contributed by atoms with van der Waals surface area (Å²) < 4.78 is 0. The Morgan fingerprint density at radius 2 is 1.75 bits per heavy atom. The molecule has 0 saturated heterocycles. The molecule has 0 radical (unpaired) electrons. The van der Waals surface area contributed by atoms with E-state index in [1.54, 1.807) is 0 Å². The molecule has 0 spiro atoms. The number of aldehydes is 1. The topological polar surface area (TPSA) is 17.1 Å². The Hall–Kier alpha value is 0.943. The minimum atomic E-state index is 0. The van der Waals surface area contributed by atoms with Crippen LogP contribution in [0.2, 0.25) is 0 Å². The van der Waals surface area contributed by atoms with Gasteiger partial charge in [0.2, 0.25) is 0 Å². The maximum atomic E-state index is 8.81. The van der Waals surface area contributed by atoms with E-state index in [0.717, 1.165) is 6.29 Å². The average molecular weight is 207 g/mol. The standard InChI is InChI=1S/C2H4O.Dy/c1-2-3;/h2H,1H3;. The summed E-state index contributed by atoms with van der Waals surface area (Å²) in [4.78, 5) is 8.81. The molecule has 0 aliphatic carbocycles. The molecule has 4 heavy (non-hydrogen) atoms. The molecule has 0 N–H and O–H groups in total. The summed E-state index contributed by atoms with van der Waals surface area (Å²) in [6, 6.07) is 0. The Morgan fingerprint density at radius 1 is 1.75 bits per heavy atom. The second-order valence-electron chi connectivity index (χ2n) is 0.236. The third-order valence-corrected chi connectivity index (χ3v) is 0. The minimum absolute atomic E-state index is 0. The molecule has 28 valence electrons. The van der Waals surface area contributed by atoms with Gasteiger partial charge in [-0.1, -0.05) is 0 Å². The zero-order valence-corrected chi connectivity index (χ0v) is 4.33. The van der Waals surface area contributed by atoms with Crippen LogP contribution in [0.3, 0.4) is 0 Å². The predicted molar refractivity (Wildman–Crippen MR) is 11.7 cm³/mol. The third kappa shape index (κ3) is 12.5. The third-order valence-electron chi connectivity index (χ3n) is 0. The van der Waals surface area contributed by atoms with Crippen molar-refractivity contribution in [3.63, 3.8) is 0 Å². The zero-order valence-electron chi connectivity index (χ0n) is 2.30. The van der Waals surface area contributed by atoms with E-state index in [9.17, 15) is 0 Å². The van der Waals surface area contributed by atoms with Gasteiger partial charge in [-0.25, -0.2) is 0 Å². The molecule has 0 fully saturated rings. The fourth-order valence-electron chi connectivity index (χ4n) is 0. The number of hydrogen-bond donors (Lipinski definition) is 0. The summed E-state index contributed by atoms with van der Waals surface area (Å²) >= 11 is 0. The van der Waals surface area contributed by atoms with Gasteiger partial charge in [0.15, 0.2) is 0 Å². The monoisotopic (exact) mass is 208 g/mol. The summed E-state index contributed by atoms with van der Waals surface area (Å²) in [6.45, 7) is 1.44. The number of rotatable bonds is 0. The molecule has 0 heterocycles. The molecule has 0 aliphatic rings. The van der Waals surface area contributed by atoms with Crippen molar-refractivity contribution in [1.82, 2.24) is 0 Å².